The number of halogens is 2. The molecular formula is C58H60Br2O9. The molecule has 0 saturated heterocycles. The summed E-state index contributed by atoms with van der Waals surface area (Å²) in [5, 5.41) is 26.2. The number of carbonyl (C=O) groups is 6. The first-order valence-corrected chi connectivity index (χ1v) is 24.4. The number of hydrogen-bond acceptors (Lipinski definition) is 9. The quantitative estimate of drug-likeness (QED) is 0.0569. The molecule has 2 atom stereocenters. The Morgan fingerprint density at radius 3 is 1.19 bits per heavy atom. The van der Waals surface area contributed by atoms with Crippen molar-refractivity contribution in [1.29, 1.82) is 0 Å². The maximum absolute atomic E-state index is 15.6. The average molecular weight is 1060 g/mol. The monoisotopic (exact) mass is 1060 g/mol. The third-order valence-electron chi connectivity index (χ3n) is 13.1. The number of rotatable bonds is 22. The summed E-state index contributed by atoms with van der Waals surface area (Å²) >= 11 is 6.81. The van der Waals surface area contributed by atoms with Crippen molar-refractivity contribution in [2.75, 3.05) is 7.11 Å². The van der Waals surface area contributed by atoms with Crippen LogP contribution in [0.4, 0.5) is 0 Å². The summed E-state index contributed by atoms with van der Waals surface area (Å²) in [6.07, 6.45) is 5.77. The van der Waals surface area contributed by atoms with E-state index in [1.165, 1.54) is 19.3 Å². The minimum Gasteiger partial charge on any atom is -0.511 e. The van der Waals surface area contributed by atoms with E-state index in [1.54, 1.807) is 100 Å². The summed E-state index contributed by atoms with van der Waals surface area (Å²) in [7, 11) is 1.45. The van der Waals surface area contributed by atoms with E-state index < -0.39 is 85.9 Å². The van der Waals surface area contributed by atoms with Crippen LogP contribution in [0.25, 0.3) is 12.2 Å². The lowest BCUT2D eigenvalue weighted by Gasteiger charge is -2.44. The molecule has 2 N–H and O–H groups in total. The molecule has 360 valence electrons. The zero-order chi connectivity index (χ0) is 51.0. The van der Waals surface area contributed by atoms with Crippen molar-refractivity contribution in [3.63, 3.8) is 0 Å². The SMILES string of the molecule is C=C(C)CCC1(CCC(=C)C)C(=O)C(C(=O)C=Cc2ccc(Br)cc2)C(=O)C(C(C2=C(O)C(CCC(=C)C)(CCC(=C)C)C(=O)C(C(=O)C=Cc3ccc(Br)cc3)C2=O)c2ccc(OC)cc2)=C1O. The van der Waals surface area contributed by atoms with Crippen molar-refractivity contribution < 1.29 is 43.7 Å². The van der Waals surface area contributed by atoms with Crippen molar-refractivity contribution >= 4 is 78.7 Å². The number of ether oxygens (including phenoxy) is 1. The Balaban J connectivity index is 1.93. The largest absolute Gasteiger partial charge is 0.511 e. The number of ketones is 6. The summed E-state index contributed by atoms with van der Waals surface area (Å²) in [5.41, 5.74) is -0.779. The van der Waals surface area contributed by atoms with Gasteiger partial charge in [0.25, 0.3) is 0 Å². The summed E-state index contributed by atoms with van der Waals surface area (Å²) in [5.74, 6) is -12.3. The Bertz CT molecular complexity index is 2510. The molecule has 3 aromatic carbocycles. The molecule has 0 heterocycles. The van der Waals surface area contributed by atoms with Crippen molar-refractivity contribution in [3.8, 4) is 5.75 Å². The van der Waals surface area contributed by atoms with Gasteiger partial charge in [0.1, 0.15) is 29.1 Å². The number of aliphatic hydroxyl groups excluding tert-OH is 2. The molecule has 2 aliphatic carbocycles. The second kappa shape index (κ2) is 23.0. The smallest absolute Gasteiger partial charge is 0.181 e. The molecule has 0 aromatic heterocycles. The number of aliphatic hydroxyl groups is 2. The van der Waals surface area contributed by atoms with Crippen molar-refractivity contribution in [1.82, 2.24) is 0 Å². The number of benzene rings is 3. The van der Waals surface area contributed by atoms with Crippen LogP contribution >= 0.6 is 31.9 Å². The van der Waals surface area contributed by atoms with Crippen LogP contribution in [0.1, 0.15) is 102 Å². The van der Waals surface area contributed by atoms with Gasteiger partial charge in [-0.15, -0.1) is 26.3 Å². The number of Topliss-reactive ketones (excluding diaryl/α,β-unsaturated/α-hetero) is 4. The molecule has 2 unspecified atom stereocenters. The summed E-state index contributed by atoms with van der Waals surface area (Å²) < 4.78 is 7.07. The van der Waals surface area contributed by atoms with Gasteiger partial charge in [0.2, 0.25) is 0 Å². The molecule has 0 amide bonds. The molecule has 0 aliphatic heterocycles. The third kappa shape index (κ3) is 12.1. The van der Waals surface area contributed by atoms with E-state index in [0.717, 1.165) is 21.1 Å². The molecule has 69 heavy (non-hydrogen) atoms. The fourth-order valence-corrected chi connectivity index (χ4v) is 9.58. The first-order chi connectivity index (χ1) is 32.6. The molecular weight excluding hydrogens is 1000 g/mol. The highest BCUT2D eigenvalue weighted by Gasteiger charge is 2.60. The van der Waals surface area contributed by atoms with Gasteiger partial charge >= 0.3 is 0 Å². The number of carbonyl (C=O) groups excluding carboxylic acids is 6. The molecule has 2 aliphatic rings. The fraction of sp³-hybridized carbons (Fsp3) is 0.310. The van der Waals surface area contributed by atoms with E-state index in [1.807, 2.05) is 0 Å². The van der Waals surface area contributed by atoms with Gasteiger partial charge in [0.15, 0.2) is 34.7 Å². The van der Waals surface area contributed by atoms with E-state index in [2.05, 4.69) is 58.2 Å². The molecule has 0 fully saturated rings. The van der Waals surface area contributed by atoms with Gasteiger partial charge in [-0.3, -0.25) is 28.8 Å². The zero-order valence-electron chi connectivity index (χ0n) is 40.0. The van der Waals surface area contributed by atoms with Crippen LogP contribution in [0.3, 0.4) is 0 Å². The summed E-state index contributed by atoms with van der Waals surface area (Å²) in [6, 6.07) is 20.3. The molecule has 3 aromatic rings. The molecule has 0 saturated carbocycles. The fourth-order valence-electron chi connectivity index (χ4n) is 9.05. The van der Waals surface area contributed by atoms with Crippen LogP contribution in [0.5, 0.6) is 5.75 Å². The first kappa shape index (κ1) is 53.9. The number of methoxy groups -OCH3 is 1. The zero-order valence-corrected chi connectivity index (χ0v) is 43.1. The van der Waals surface area contributed by atoms with E-state index in [4.69, 9.17) is 4.74 Å². The molecule has 5 rings (SSSR count). The van der Waals surface area contributed by atoms with Gasteiger partial charge in [0, 0.05) is 26.0 Å². The van der Waals surface area contributed by atoms with Crippen LogP contribution in [-0.2, 0) is 28.8 Å². The van der Waals surface area contributed by atoms with Crippen LogP contribution < -0.4 is 4.74 Å². The lowest BCUT2D eigenvalue weighted by atomic mass is 9.57. The minimum atomic E-state index is -2.01. The minimum absolute atomic E-state index is 0.0762. The first-order valence-electron chi connectivity index (χ1n) is 22.8. The average Bonchev–Trinajstić information content (AvgIpc) is 3.30. The Labute approximate surface area is 422 Å². The predicted octanol–water partition coefficient (Wildman–Crippen LogP) is 13.4. The highest BCUT2D eigenvalue weighted by atomic mass is 79.9. The lowest BCUT2D eigenvalue weighted by molar-refractivity contribution is -0.146. The van der Waals surface area contributed by atoms with Crippen molar-refractivity contribution in [3.05, 3.63) is 182 Å². The Kier molecular flexibility index (Phi) is 18.0. The maximum atomic E-state index is 15.6. The molecule has 0 radical (unpaired) electrons. The molecule has 0 spiro atoms. The van der Waals surface area contributed by atoms with Gasteiger partial charge in [-0.2, -0.15) is 0 Å². The maximum Gasteiger partial charge on any atom is 0.181 e. The van der Waals surface area contributed by atoms with Crippen molar-refractivity contribution in [2.24, 2.45) is 22.7 Å². The third-order valence-corrected chi connectivity index (χ3v) is 14.1. The lowest BCUT2D eigenvalue weighted by Crippen LogP contribution is -2.52. The van der Waals surface area contributed by atoms with E-state index in [9.17, 15) is 19.8 Å². The van der Waals surface area contributed by atoms with Crippen LogP contribution in [0, 0.1) is 22.7 Å². The topological polar surface area (TPSA) is 152 Å². The highest BCUT2D eigenvalue weighted by molar-refractivity contribution is 9.10. The molecule has 11 heteroatoms. The second-order valence-corrected chi connectivity index (χ2v) is 20.5. The Morgan fingerprint density at radius 2 is 0.899 bits per heavy atom. The Hall–Kier alpha value is -6.04. The summed E-state index contributed by atoms with van der Waals surface area (Å²) in [6.45, 7) is 23.3. The van der Waals surface area contributed by atoms with Gasteiger partial charge < -0.3 is 14.9 Å². The highest BCUT2D eigenvalue weighted by Crippen LogP contribution is 2.55. The van der Waals surface area contributed by atoms with E-state index >= 15 is 19.2 Å². The van der Waals surface area contributed by atoms with Crippen LogP contribution in [0.2, 0.25) is 0 Å². The van der Waals surface area contributed by atoms with E-state index in [0.29, 0.717) is 39.2 Å². The van der Waals surface area contributed by atoms with Gasteiger partial charge in [0.05, 0.1) is 17.9 Å². The molecule has 9 nitrogen and oxygen atoms in total. The molecule has 0 bridgehead atoms. The van der Waals surface area contributed by atoms with Gasteiger partial charge in [-0.25, -0.2) is 0 Å². The van der Waals surface area contributed by atoms with Gasteiger partial charge in [-0.05, 0) is 144 Å². The normalized spacial score (nSPS) is 18.5. The number of hydrogen-bond donors (Lipinski definition) is 2. The van der Waals surface area contributed by atoms with Crippen LogP contribution in [0.15, 0.2) is 165 Å². The standard InChI is InChI=1S/C58H60Br2O9/c1-34(2)26-30-57(31-27-35(3)4)53(65)47(44(61)24-14-38-10-18-41(59)19-11-38)51(63)49(55(57)67)46(40-16-22-43(69-9)23-17-40)50-52(64)48(45(62)25-15-39-12-20-42(60)21-13-39)54(66)58(56(50)68,32-28-36(5)6)33-29-37(7)8/h10-25,46-48,67-68H,1,3,5,7,26-33H2,2,4,6,8-9H3. The predicted molar refractivity (Wildman–Crippen MR) is 279 cm³/mol. The van der Waals surface area contributed by atoms with Crippen LogP contribution in [-0.4, -0.2) is 52.0 Å². The van der Waals surface area contributed by atoms with Crippen molar-refractivity contribution in [2.45, 2.75) is 85.0 Å². The summed E-state index contributed by atoms with van der Waals surface area (Å²) in [4.78, 5) is 91.1. The number of allylic oxidation sites excluding steroid dienone is 10. The Morgan fingerprint density at radius 1 is 0.580 bits per heavy atom. The van der Waals surface area contributed by atoms with Gasteiger partial charge in [-0.1, -0.05) is 103 Å². The second-order valence-electron chi connectivity index (χ2n) is 18.6. The van der Waals surface area contributed by atoms with E-state index in [-0.39, 0.29) is 56.9 Å².